The fraction of sp³-hybridized carbons (Fsp3) is 0.389. The van der Waals surface area contributed by atoms with E-state index in [1.807, 2.05) is 51.2 Å². The van der Waals surface area contributed by atoms with Crippen molar-refractivity contribution >= 4 is 45.6 Å². The van der Waals surface area contributed by atoms with Gasteiger partial charge in [-0.3, -0.25) is 9.78 Å². The number of carbonyl (C=O) groups excluding carboxylic acids is 1. The van der Waals surface area contributed by atoms with E-state index in [4.69, 9.17) is 4.74 Å². The van der Waals surface area contributed by atoms with E-state index >= 15 is 0 Å². The predicted molar refractivity (Wildman–Crippen MR) is 107 cm³/mol. The third-order valence-corrected chi connectivity index (χ3v) is 4.08. The lowest BCUT2D eigenvalue weighted by molar-refractivity contribution is -0.129. The average Bonchev–Trinajstić information content (AvgIpc) is 2.57. The molecular formula is C18H22IN3O3. The van der Waals surface area contributed by atoms with E-state index in [-0.39, 0.29) is 5.91 Å². The number of amides is 1. The zero-order valence-corrected chi connectivity index (χ0v) is 16.9. The average molecular weight is 455 g/mol. The van der Waals surface area contributed by atoms with Gasteiger partial charge in [0.15, 0.2) is 6.10 Å². The Morgan fingerprint density at radius 3 is 2.88 bits per heavy atom. The van der Waals surface area contributed by atoms with E-state index in [2.05, 4.69) is 42.9 Å². The van der Waals surface area contributed by atoms with Crippen molar-refractivity contribution < 1.29 is 14.4 Å². The van der Waals surface area contributed by atoms with Crippen LogP contribution in [0.2, 0.25) is 0 Å². The number of aromatic nitrogens is 1. The predicted octanol–water partition coefficient (Wildman–Crippen LogP) is 3.52. The molecule has 6 nitrogen and oxygen atoms in total. The van der Waals surface area contributed by atoms with E-state index in [1.165, 1.54) is 7.11 Å². The fourth-order valence-electron chi connectivity index (χ4n) is 2.26. The monoisotopic (exact) mass is 455 g/mol. The summed E-state index contributed by atoms with van der Waals surface area (Å²) in [5, 5.41) is 7.60. The number of nitrogens with one attached hydrogen (secondary N) is 1. The van der Waals surface area contributed by atoms with Crippen molar-refractivity contribution in [1.82, 2.24) is 10.3 Å². The van der Waals surface area contributed by atoms with E-state index < -0.39 is 11.6 Å². The number of fused-ring (bicyclic) bond motifs is 1. The lowest BCUT2D eigenvalue weighted by atomic mass is 10.1. The van der Waals surface area contributed by atoms with Crippen LogP contribution in [-0.2, 0) is 9.63 Å². The molecular weight excluding hydrogens is 433 g/mol. The quantitative estimate of drug-likeness (QED) is 0.394. The van der Waals surface area contributed by atoms with Crippen LogP contribution < -0.4 is 10.1 Å². The number of rotatable bonds is 7. The molecule has 0 radical (unpaired) electrons. The van der Waals surface area contributed by atoms with Crippen LogP contribution in [0, 0.1) is 3.57 Å². The van der Waals surface area contributed by atoms with Gasteiger partial charge >= 0.3 is 0 Å². The van der Waals surface area contributed by atoms with E-state index in [0.29, 0.717) is 12.2 Å². The first-order valence-corrected chi connectivity index (χ1v) is 9.04. The molecule has 7 heteroatoms. The molecule has 1 aromatic carbocycles. The number of oxime groups is 1. The molecule has 0 aliphatic heterocycles. The van der Waals surface area contributed by atoms with Crippen LogP contribution in [-0.4, -0.2) is 35.9 Å². The van der Waals surface area contributed by atoms with E-state index in [0.717, 1.165) is 14.5 Å². The van der Waals surface area contributed by atoms with Crippen molar-refractivity contribution in [3.8, 4) is 5.75 Å². The van der Waals surface area contributed by atoms with Crippen LogP contribution in [0.25, 0.3) is 10.9 Å². The molecule has 0 fully saturated rings. The number of hydrogen-bond donors (Lipinski definition) is 1. The highest BCUT2D eigenvalue weighted by molar-refractivity contribution is 14.1. The fourth-order valence-corrected chi connectivity index (χ4v) is 2.73. The number of nitrogens with zero attached hydrogens (tertiary/aromatic N) is 2. The minimum Gasteiger partial charge on any atom is -0.481 e. The second kappa shape index (κ2) is 8.46. The highest BCUT2D eigenvalue weighted by Gasteiger charge is 2.25. The molecule has 25 heavy (non-hydrogen) atoms. The lowest BCUT2D eigenvalue weighted by Crippen LogP contribution is -2.50. The van der Waals surface area contributed by atoms with Crippen molar-refractivity contribution in [2.45, 2.75) is 38.8 Å². The van der Waals surface area contributed by atoms with Crippen molar-refractivity contribution in [2.75, 3.05) is 7.11 Å². The largest absolute Gasteiger partial charge is 0.481 e. The highest BCUT2D eigenvalue weighted by atomic mass is 127. The Bertz CT molecular complexity index is 777. The summed E-state index contributed by atoms with van der Waals surface area (Å²) in [6.07, 6.45) is 3.31. The molecule has 2 aromatic rings. The number of hydrogen-bond acceptors (Lipinski definition) is 5. The molecule has 1 heterocycles. The summed E-state index contributed by atoms with van der Waals surface area (Å²) in [5.74, 6) is 0.442. The van der Waals surface area contributed by atoms with Gasteiger partial charge in [0.1, 0.15) is 12.9 Å². The first-order chi connectivity index (χ1) is 11.8. The Morgan fingerprint density at radius 1 is 1.44 bits per heavy atom. The maximum Gasteiger partial charge on any atom is 0.261 e. The maximum absolute atomic E-state index is 12.5. The molecule has 0 spiro atoms. The summed E-state index contributed by atoms with van der Waals surface area (Å²) in [6.45, 7) is 5.58. The molecule has 0 saturated carbocycles. The van der Waals surface area contributed by atoms with Gasteiger partial charge in [0, 0.05) is 15.2 Å². The van der Waals surface area contributed by atoms with Crippen molar-refractivity contribution in [3.63, 3.8) is 0 Å². The maximum atomic E-state index is 12.5. The molecule has 2 rings (SSSR count). The molecule has 134 valence electrons. The van der Waals surface area contributed by atoms with Crippen LogP contribution in [0.15, 0.2) is 35.6 Å². The zero-order chi connectivity index (χ0) is 18.4. The third kappa shape index (κ3) is 5.55. The number of benzene rings is 1. The Kier molecular flexibility index (Phi) is 6.57. The zero-order valence-electron chi connectivity index (χ0n) is 14.7. The molecule has 1 N–H and O–H groups in total. The topological polar surface area (TPSA) is 72.8 Å². The number of carbonyl (C=O) groups is 1. The third-order valence-electron chi connectivity index (χ3n) is 3.49. The van der Waals surface area contributed by atoms with Crippen LogP contribution in [0.1, 0.15) is 27.2 Å². The van der Waals surface area contributed by atoms with Gasteiger partial charge in [0.05, 0.1) is 17.3 Å². The molecule has 1 unspecified atom stereocenters. The summed E-state index contributed by atoms with van der Waals surface area (Å²) < 4.78 is 6.95. The smallest absolute Gasteiger partial charge is 0.261 e. The summed E-state index contributed by atoms with van der Waals surface area (Å²) in [7, 11) is 1.46. The highest BCUT2D eigenvalue weighted by Crippen LogP contribution is 2.22. The second-order valence-corrected chi connectivity index (χ2v) is 7.40. The lowest BCUT2D eigenvalue weighted by Gasteiger charge is -2.25. The van der Waals surface area contributed by atoms with Crippen LogP contribution >= 0.6 is 22.6 Å². The second-order valence-electron chi connectivity index (χ2n) is 6.15. The summed E-state index contributed by atoms with van der Waals surface area (Å²) in [5.41, 5.74) is 0.259. The minimum atomic E-state index is -0.632. The van der Waals surface area contributed by atoms with Gasteiger partial charge in [-0.1, -0.05) is 12.1 Å². The van der Waals surface area contributed by atoms with Gasteiger partial charge in [0.2, 0.25) is 0 Å². The molecule has 0 aliphatic rings. The van der Waals surface area contributed by atoms with Gasteiger partial charge in [-0.25, -0.2) is 0 Å². The summed E-state index contributed by atoms with van der Waals surface area (Å²) in [4.78, 5) is 21.6. The molecule has 0 bridgehead atoms. The normalized spacial score (nSPS) is 13.0. The van der Waals surface area contributed by atoms with Crippen molar-refractivity contribution in [1.29, 1.82) is 0 Å². The molecule has 1 aromatic heterocycles. The Morgan fingerprint density at radius 2 is 2.20 bits per heavy atom. The van der Waals surface area contributed by atoms with E-state index in [1.54, 1.807) is 6.21 Å². The van der Waals surface area contributed by atoms with Crippen LogP contribution in [0.3, 0.4) is 0 Å². The Balaban J connectivity index is 2.13. The van der Waals surface area contributed by atoms with Gasteiger partial charge < -0.3 is 14.9 Å². The molecule has 0 aliphatic carbocycles. The summed E-state index contributed by atoms with van der Waals surface area (Å²) >= 11 is 2.22. The van der Waals surface area contributed by atoms with Crippen LogP contribution in [0.5, 0.6) is 5.75 Å². The summed E-state index contributed by atoms with van der Waals surface area (Å²) in [6, 6.07) is 7.65. The van der Waals surface area contributed by atoms with Gasteiger partial charge in [-0.2, -0.15) is 0 Å². The van der Waals surface area contributed by atoms with E-state index in [9.17, 15) is 4.79 Å². The van der Waals surface area contributed by atoms with Gasteiger partial charge in [-0.15, -0.1) is 0 Å². The minimum absolute atomic E-state index is 0.198. The number of pyridine rings is 1. The Hall–Kier alpha value is -1.90. The molecule has 1 amide bonds. The van der Waals surface area contributed by atoms with Gasteiger partial charge in [0.25, 0.3) is 5.91 Å². The van der Waals surface area contributed by atoms with Crippen molar-refractivity contribution in [2.24, 2.45) is 5.16 Å². The van der Waals surface area contributed by atoms with Gasteiger partial charge in [-0.05, 0) is 67.1 Å². The van der Waals surface area contributed by atoms with Crippen LogP contribution in [0.4, 0.5) is 0 Å². The number of ether oxygens (including phenoxy) is 1. The standard InChI is InChI=1S/C18H22IN3O3/c1-5-16(17(23)22-18(2,3)11-21-24-4)25-14-6-7-15-12(9-14)8-13(19)10-20-15/h6-11,16H,5H2,1-4H3,(H,22,23)/b21-11+. The SMILES string of the molecule is CCC(Oc1ccc2ncc(I)cc2c1)C(=O)NC(C)(C)/C=N/OC. The van der Waals surface area contributed by atoms with Crippen molar-refractivity contribution in [3.05, 3.63) is 34.0 Å². The first-order valence-electron chi connectivity index (χ1n) is 7.96. The Labute approximate surface area is 161 Å². The molecule has 1 atom stereocenters. The first kappa shape index (κ1) is 19.4. The molecule has 0 saturated heterocycles. The number of halogens is 1.